The Morgan fingerprint density at radius 2 is 2.04 bits per heavy atom. The Hall–Kier alpha value is -1.95. The van der Waals surface area contributed by atoms with Crippen molar-refractivity contribution < 1.29 is 9.72 Å². The van der Waals surface area contributed by atoms with Gasteiger partial charge in [0, 0.05) is 23.9 Å². The van der Waals surface area contributed by atoms with Gasteiger partial charge in [0.05, 0.1) is 11.5 Å². The SMILES string of the molecule is O=C(CN1CCC[C@@H]2CCCC[C@@H]21)Nc1cccc([N+](=O)[O-])c1. The van der Waals surface area contributed by atoms with Crippen LogP contribution in [0.3, 0.4) is 0 Å². The molecule has 1 aromatic rings. The first-order valence-electron chi connectivity index (χ1n) is 8.42. The molecule has 6 heteroatoms. The van der Waals surface area contributed by atoms with Crippen molar-refractivity contribution in [2.24, 2.45) is 5.92 Å². The van der Waals surface area contributed by atoms with Crippen molar-refractivity contribution in [3.63, 3.8) is 0 Å². The molecular formula is C17H23N3O3. The molecule has 2 aliphatic rings. The van der Waals surface area contributed by atoms with E-state index in [0.717, 1.165) is 18.9 Å². The van der Waals surface area contributed by atoms with E-state index in [1.165, 1.54) is 44.2 Å². The summed E-state index contributed by atoms with van der Waals surface area (Å²) in [6, 6.07) is 6.63. The summed E-state index contributed by atoms with van der Waals surface area (Å²) >= 11 is 0. The summed E-state index contributed by atoms with van der Waals surface area (Å²) in [6.07, 6.45) is 7.49. The maximum atomic E-state index is 12.3. The summed E-state index contributed by atoms with van der Waals surface area (Å²) in [7, 11) is 0. The van der Waals surface area contributed by atoms with Gasteiger partial charge in [0.15, 0.2) is 0 Å². The van der Waals surface area contributed by atoms with Crippen LogP contribution in [-0.4, -0.2) is 34.9 Å². The molecule has 2 fully saturated rings. The number of nitrogens with zero attached hydrogens (tertiary/aromatic N) is 2. The number of fused-ring (bicyclic) bond motifs is 1. The molecule has 0 bridgehead atoms. The molecule has 1 saturated heterocycles. The number of anilines is 1. The van der Waals surface area contributed by atoms with E-state index < -0.39 is 4.92 Å². The lowest BCUT2D eigenvalue weighted by molar-refractivity contribution is -0.384. The number of nitro benzene ring substituents is 1. The molecule has 124 valence electrons. The molecule has 1 aliphatic carbocycles. The van der Waals surface area contributed by atoms with Gasteiger partial charge in [-0.05, 0) is 44.2 Å². The zero-order valence-corrected chi connectivity index (χ0v) is 13.2. The molecule has 0 unspecified atom stereocenters. The summed E-state index contributed by atoms with van der Waals surface area (Å²) in [5, 5.41) is 13.6. The molecule has 0 aromatic heterocycles. The first kappa shape index (κ1) is 15.9. The van der Waals surface area contributed by atoms with Crippen molar-refractivity contribution in [2.45, 2.75) is 44.6 Å². The van der Waals surface area contributed by atoms with Crippen LogP contribution in [0.2, 0.25) is 0 Å². The smallest absolute Gasteiger partial charge is 0.271 e. The van der Waals surface area contributed by atoms with E-state index in [0.29, 0.717) is 18.3 Å². The third-order valence-corrected chi connectivity index (χ3v) is 5.05. The van der Waals surface area contributed by atoms with Crippen LogP contribution in [0.25, 0.3) is 0 Å². The van der Waals surface area contributed by atoms with Crippen molar-refractivity contribution in [2.75, 3.05) is 18.4 Å². The molecule has 1 heterocycles. The number of piperidine rings is 1. The van der Waals surface area contributed by atoms with Gasteiger partial charge in [-0.2, -0.15) is 0 Å². The molecule has 1 aromatic carbocycles. The second-order valence-corrected chi connectivity index (χ2v) is 6.58. The number of hydrogen-bond donors (Lipinski definition) is 1. The van der Waals surface area contributed by atoms with Crippen molar-refractivity contribution in [1.29, 1.82) is 0 Å². The third-order valence-electron chi connectivity index (χ3n) is 5.05. The Bertz CT molecular complexity index is 588. The number of benzene rings is 1. The molecule has 1 amide bonds. The fraction of sp³-hybridized carbons (Fsp3) is 0.588. The number of non-ortho nitro benzene ring substituents is 1. The maximum Gasteiger partial charge on any atom is 0.271 e. The van der Waals surface area contributed by atoms with E-state index in [9.17, 15) is 14.9 Å². The average molecular weight is 317 g/mol. The van der Waals surface area contributed by atoms with Gasteiger partial charge in [0.2, 0.25) is 5.91 Å². The van der Waals surface area contributed by atoms with E-state index in [2.05, 4.69) is 10.2 Å². The van der Waals surface area contributed by atoms with Crippen LogP contribution in [0.5, 0.6) is 0 Å². The lowest BCUT2D eigenvalue weighted by atomic mass is 9.78. The largest absolute Gasteiger partial charge is 0.325 e. The number of hydrogen-bond acceptors (Lipinski definition) is 4. The van der Waals surface area contributed by atoms with Crippen LogP contribution in [0.4, 0.5) is 11.4 Å². The highest BCUT2D eigenvalue weighted by Gasteiger charge is 2.33. The number of amides is 1. The Balaban J connectivity index is 1.60. The van der Waals surface area contributed by atoms with Crippen LogP contribution in [0.1, 0.15) is 38.5 Å². The van der Waals surface area contributed by atoms with Gasteiger partial charge in [-0.3, -0.25) is 19.8 Å². The number of carbonyl (C=O) groups excluding carboxylic acids is 1. The summed E-state index contributed by atoms with van der Waals surface area (Å²) in [5.41, 5.74) is 0.481. The summed E-state index contributed by atoms with van der Waals surface area (Å²) in [5.74, 6) is 0.653. The van der Waals surface area contributed by atoms with Crippen molar-refractivity contribution >= 4 is 17.3 Å². The van der Waals surface area contributed by atoms with Crippen LogP contribution in [0, 0.1) is 16.0 Å². The number of nitro groups is 1. The highest BCUT2D eigenvalue weighted by molar-refractivity contribution is 5.92. The van der Waals surface area contributed by atoms with E-state index in [1.54, 1.807) is 12.1 Å². The molecule has 0 spiro atoms. The minimum absolute atomic E-state index is 0.00637. The van der Waals surface area contributed by atoms with Gasteiger partial charge < -0.3 is 5.32 Å². The quantitative estimate of drug-likeness (QED) is 0.683. The highest BCUT2D eigenvalue weighted by atomic mass is 16.6. The molecule has 6 nitrogen and oxygen atoms in total. The van der Waals surface area contributed by atoms with E-state index in [-0.39, 0.29) is 11.6 Å². The Morgan fingerprint density at radius 1 is 1.26 bits per heavy atom. The summed E-state index contributed by atoms with van der Waals surface area (Å²) < 4.78 is 0. The first-order valence-corrected chi connectivity index (χ1v) is 8.42. The summed E-state index contributed by atoms with van der Waals surface area (Å²) in [4.78, 5) is 25.0. The minimum Gasteiger partial charge on any atom is -0.325 e. The van der Waals surface area contributed by atoms with Crippen LogP contribution in [-0.2, 0) is 4.79 Å². The number of nitrogens with one attached hydrogen (secondary N) is 1. The van der Waals surface area contributed by atoms with Crippen LogP contribution in [0.15, 0.2) is 24.3 Å². The van der Waals surface area contributed by atoms with E-state index in [4.69, 9.17) is 0 Å². The lowest BCUT2D eigenvalue weighted by Gasteiger charge is -2.43. The predicted octanol–water partition coefficient (Wildman–Crippen LogP) is 3.19. The molecule has 0 radical (unpaired) electrons. The Kier molecular flexibility index (Phi) is 4.91. The standard InChI is InChI=1S/C17H23N3O3/c21-17(18-14-7-3-8-15(11-14)20(22)23)12-19-10-4-6-13-5-1-2-9-16(13)19/h3,7-8,11,13,16H,1-2,4-6,9-10,12H2,(H,18,21)/t13-,16-/m0/s1. The molecule has 23 heavy (non-hydrogen) atoms. The molecular weight excluding hydrogens is 294 g/mol. The maximum absolute atomic E-state index is 12.3. The first-order chi connectivity index (χ1) is 11.1. The van der Waals surface area contributed by atoms with E-state index in [1.807, 2.05) is 0 Å². The molecule has 1 aliphatic heterocycles. The minimum atomic E-state index is -0.451. The van der Waals surface area contributed by atoms with Gasteiger partial charge in [-0.25, -0.2) is 0 Å². The zero-order chi connectivity index (χ0) is 16.2. The van der Waals surface area contributed by atoms with Gasteiger partial charge in [0.1, 0.15) is 0 Å². The second-order valence-electron chi connectivity index (χ2n) is 6.58. The van der Waals surface area contributed by atoms with Crippen molar-refractivity contribution in [3.05, 3.63) is 34.4 Å². The highest BCUT2D eigenvalue weighted by Crippen LogP contribution is 2.35. The van der Waals surface area contributed by atoms with Gasteiger partial charge in [0.25, 0.3) is 5.69 Å². The topological polar surface area (TPSA) is 75.5 Å². The second kappa shape index (κ2) is 7.08. The van der Waals surface area contributed by atoms with Crippen LogP contribution < -0.4 is 5.32 Å². The lowest BCUT2D eigenvalue weighted by Crippen LogP contribution is -2.49. The predicted molar refractivity (Wildman–Crippen MR) is 88.3 cm³/mol. The Morgan fingerprint density at radius 3 is 2.87 bits per heavy atom. The van der Waals surface area contributed by atoms with Gasteiger partial charge in [-0.15, -0.1) is 0 Å². The normalized spacial score (nSPS) is 24.7. The molecule has 1 N–H and O–H groups in total. The average Bonchev–Trinajstić information content (AvgIpc) is 2.55. The fourth-order valence-electron chi connectivity index (χ4n) is 4.01. The number of rotatable bonds is 4. The Labute approximate surface area is 136 Å². The summed E-state index contributed by atoms with van der Waals surface area (Å²) in [6.45, 7) is 1.35. The van der Waals surface area contributed by atoms with Crippen LogP contribution >= 0.6 is 0 Å². The molecule has 2 atom stereocenters. The molecule has 3 rings (SSSR count). The zero-order valence-electron chi connectivity index (χ0n) is 13.2. The fourth-order valence-corrected chi connectivity index (χ4v) is 4.01. The number of carbonyl (C=O) groups is 1. The van der Waals surface area contributed by atoms with Gasteiger partial charge >= 0.3 is 0 Å². The van der Waals surface area contributed by atoms with Gasteiger partial charge in [-0.1, -0.05) is 18.9 Å². The van der Waals surface area contributed by atoms with Crippen molar-refractivity contribution in [3.8, 4) is 0 Å². The van der Waals surface area contributed by atoms with E-state index >= 15 is 0 Å². The van der Waals surface area contributed by atoms with Crippen molar-refractivity contribution in [1.82, 2.24) is 4.90 Å². The molecule has 1 saturated carbocycles. The monoisotopic (exact) mass is 317 g/mol. The third kappa shape index (κ3) is 3.88. The number of likely N-dealkylation sites (tertiary alicyclic amines) is 1.